The van der Waals surface area contributed by atoms with Crippen LogP contribution in [0.1, 0.15) is 35.2 Å². The van der Waals surface area contributed by atoms with Crippen molar-refractivity contribution in [2.45, 2.75) is 19.6 Å². The van der Waals surface area contributed by atoms with Gasteiger partial charge < -0.3 is 9.47 Å². The van der Waals surface area contributed by atoms with Crippen LogP contribution >= 0.6 is 38.9 Å². The Morgan fingerprint density at radius 2 is 1.78 bits per heavy atom. The maximum atomic E-state index is 14.1. The normalized spacial score (nSPS) is 14.6. The van der Waals surface area contributed by atoms with Crippen molar-refractivity contribution >= 4 is 56.6 Å². The predicted octanol–water partition coefficient (Wildman–Crippen LogP) is 7.07. The molecule has 6 nitrogen and oxygen atoms in total. The Morgan fingerprint density at radius 3 is 2.49 bits per heavy atom. The summed E-state index contributed by atoms with van der Waals surface area (Å²) in [5.74, 6) is -0.405. The maximum Gasteiger partial charge on any atom is 0.338 e. The Morgan fingerprint density at radius 1 is 1.04 bits per heavy atom. The zero-order valence-electron chi connectivity index (χ0n) is 23.9. The molecule has 0 fully saturated rings. The minimum absolute atomic E-state index is 0.137. The van der Waals surface area contributed by atoms with Gasteiger partial charge in [0, 0.05) is 16.1 Å². The van der Waals surface area contributed by atoms with Crippen molar-refractivity contribution in [3.8, 4) is 5.75 Å². The quantitative estimate of drug-likeness (QED) is 0.162. The molecular formula is C35H25BrClFN2O4S. The number of fused-ring (bicyclic) bond motifs is 1. The van der Waals surface area contributed by atoms with Crippen molar-refractivity contribution in [2.75, 3.05) is 6.61 Å². The first-order valence-corrected chi connectivity index (χ1v) is 16.0. The van der Waals surface area contributed by atoms with Crippen LogP contribution in [0.25, 0.3) is 11.8 Å². The van der Waals surface area contributed by atoms with Crippen molar-refractivity contribution in [3.05, 3.63) is 160 Å². The molecule has 6 rings (SSSR count). The number of hydrogen-bond donors (Lipinski definition) is 0. The van der Waals surface area contributed by atoms with Crippen LogP contribution in [0.3, 0.4) is 0 Å². The first kappa shape index (κ1) is 30.7. The van der Waals surface area contributed by atoms with Gasteiger partial charge in [-0.05, 0) is 70.4 Å². The molecule has 5 aromatic rings. The molecule has 45 heavy (non-hydrogen) atoms. The van der Waals surface area contributed by atoms with E-state index in [0.29, 0.717) is 48.0 Å². The molecule has 1 aliphatic rings. The number of nitrogens with zero attached hydrogens (tertiary/aromatic N) is 2. The number of carbonyl (C=O) groups is 1. The number of rotatable bonds is 8. The zero-order chi connectivity index (χ0) is 31.5. The number of aromatic nitrogens is 1. The first-order chi connectivity index (χ1) is 21.8. The third kappa shape index (κ3) is 6.42. The summed E-state index contributed by atoms with van der Waals surface area (Å²) in [6.07, 6.45) is 1.77. The van der Waals surface area contributed by atoms with E-state index < -0.39 is 17.8 Å². The van der Waals surface area contributed by atoms with Crippen molar-refractivity contribution in [3.63, 3.8) is 0 Å². The highest BCUT2D eigenvalue weighted by molar-refractivity contribution is 9.10. The largest absolute Gasteiger partial charge is 0.488 e. The van der Waals surface area contributed by atoms with Crippen molar-refractivity contribution in [2.24, 2.45) is 4.99 Å². The molecule has 1 aliphatic heterocycles. The molecule has 226 valence electrons. The lowest BCUT2D eigenvalue weighted by Gasteiger charge is -2.25. The molecule has 0 unspecified atom stereocenters. The molecule has 0 saturated heterocycles. The molecule has 10 heteroatoms. The lowest BCUT2D eigenvalue weighted by atomic mass is 9.93. The van der Waals surface area contributed by atoms with Gasteiger partial charge in [0.05, 0.1) is 32.9 Å². The fraction of sp³-hybridized carbons (Fsp3) is 0.114. The smallest absolute Gasteiger partial charge is 0.338 e. The average Bonchev–Trinajstić information content (AvgIpc) is 3.35. The topological polar surface area (TPSA) is 69.9 Å². The second-order valence-corrected chi connectivity index (χ2v) is 12.3. The number of carbonyl (C=O) groups excluding carboxylic acids is 1. The fourth-order valence-corrected chi connectivity index (χ4v) is 6.75. The number of halogens is 3. The van der Waals surface area contributed by atoms with Gasteiger partial charge in [-0.15, -0.1) is 0 Å². The van der Waals surface area contributed by atoms with Gasteiger partial charge in [0.25, 0.3) is 5.56 Å². The summed E-state index contributed by atoms with van der Waals surface area (Å²) in [5, 5.41) is 0.626. The summed E-state index contributed by atoms with van der Waals surface area (Å²) >= 11 is 11.1. The van der Waals surface area contributed by atoms with Crippen LogP contribution in [0.5, 0.6) is 5.75 Å². The minimum Gasteiger partial charge on any atom is -0.488 e. The highest BCUT2D eigenvalue weighted by Crippen LogP contribution is 2.35. The Kier molecular flexibility index (Phi) is 9.11. The Labute approximate surface area is 275 Å². The summed E-state index contributed by atoms with van der Waals surface area (Å²) in [6, 6.07) is 27.1. The number of esters is 1. The van der Waals surface area contributed by atoms with E-state index in [2.05, 4.69) is 15.9 Å². The summed E-state index contributed by atoms with van der Waals surface area (Å²) in [6.45, 7) is 2.15. The van der Waals surface area contributed by atoms with Gasteiger partial charge in [0.1, 0.15) is 18.2 Å². The molecule has 0 radical (unpaired) electrons. The van der Waals surface area contributed by atoms with E-state index in [-0.39, 0.29) is 17.7 Å². The van der Waals surface area contributed by atoms with E-state index in [1.165, 1.54) is 28.0 Å². The highest BCUT2D eigenvalue weighted by atomic mass is 79.9. The Balaban J connectivity index is 1.46. The summed E-state index contributed by atoms with van der Waals surface area (Å²) in [5.41, 5.74) is 3.14. The van der Waals surface area contributed by atoms with E-state index in [4.69, 9.17) is 26.1 Å². The lowest BCUT2D eigenvalue weighted by Crippen LogP contribution is -2.40. The highest BCUT2D eigenvalue weighted by Gasteiger charge is 2.35. The van der Waals surface area contributed by atoms with Gasteiger partial charge in [0.2, 0.25) is 0 Å². The molecule has 2 heterocycles. The molecule has 0 amide bonds. The monoisotopic (exact) mass is 702 g/mol. The van der Waals surface area contributed by atoms with Crippen molar-refractivity contribution in [1.29, 1.82) is 0 Å². The van der Waals surface area contributed by atoms with Crippen LogP contribution in [0.4, 0.5) is 4.39 Å². The van der Waals surface area contributed by atoms with E-state index in [9.17, 15) is 14.0 Å². The fourth-order valence-electron chi connectivity index (χ4n) is 5.05. The van der Waals surface area contributed by atoms with Crippen LogP contribution < -0.4 is 19.6 Å². The van der Waals surface area contributed by atoms with E-state index in [0.717, 1.165) is 11.1 Å². The second-order valence-electron chi connectivity index (χ2n) is 10.1. The summed E-state index contributed by atoms with van der Waals surface area (Å²) < 4.78 is 28.0. The molecule has 0 spiro atoms. The number of ether oxygens (including phenoxy) is 2. The van der Waals surface area contributed by atoms with Crippen molar-refractivity contribution < 1.29 is 18.7 Å². The van der Waals surface area contributed by atoms with Gasteiger partial charge in [-0.2, -0.15) is 0 Å². The van der Waals surface area contributed by atoms with Crippen LogP contribution in [0, 0.1) is 5.82 Å². The SMILES string of the molecule is CCOC(=O)C1=C(c2ccccc2)N=c2s/c(=C/c3ccc(OCc4ccccc4Cl)c(Br)c3)c(=O)n2[C@@H]1c1ccc(F)cc1. The second kappa shape index (κ2) is 13.4. The van der Waals surface area contributed by atoms with Crippen LogP contribution in [-0.4, -0.2) is 17.1 Å². The Bertz CT molecular complexity index is 2110. The first-order valence-electron chi connectivity index (χ1n) is 14.0. The van der Waals surface area contributed by atoms with Crippen LogP contribution in [0.15, 0.2) is 117 Å². The standard InChI is InChI=1S/C35H25BrClFN2O4S/c1-2-43-34(42)30-31(22-8-4-3-5-9-22)39-35-40(32(30)23-13-15-25(38)16-14-23)33(41)29(45-35)19-21-12-17-28(26(36)18-21)44-20-24-10-6-7-11-27(24)37/h3-19,32H,2,20H2,1H3/b29-19+/t32-/m1/s1. The molecule has 0 saturated carbocycles. The van der Waals surface area contributed by atoms with E-state index in [1.807, 2.05) is 72.8 Å². The molecule has 1 atom stereocenters. The third-order valence-corrected chi connectivity index (χ3v) is 9.13. The van der Waals surface area contributed by atoms with E-state index in [1.54, 1.807) is 25.1 Å². The van der Waals surface area contributed by atoms with E-state index >= 15 is 0 Å². The van der Waals surface area contributed by atoms with Gasteiger partial charge in [0.15, 0.2) is 4.80 Å². The summed E-state index contributed by atoms with van der Waals surface area (Å²) in [7, 11) is 0. The summed E-state index contributed by atoms with van der Waals surface area (Å²) in [4.78, 5) is 32.8. The predicted molar refractivity (Wildman–Crippen MR) is 177 cm³/mol. The van der Waals surface area contributed by atoms with Gasteiger partial charge in [-0.1, -0.05) is 89.7 Å². The number of benzene rings is 4. The molecule has 0 bridgehead atoms. The van der Waals surface area contributed by atoms with Gasteiger partial charge >= 0.3 is 5.97 Å². The molecule has 0 aliphatic carbocycles. The molecule has 0 N–H and O–H groups in total. The van der Waals surface area contributed by atoms with Crippen LogP contribution in [-0.2, 0) is 16.1 Å². The Hall–Kier alpha value is -4.31. The molecular weight excluding hydrogens is 679 g/mol. The number of thiazole rings is 1. The molecule has 1 aromatic heterocycles. The van der Waals surface area contributed by atoms with Crippen LogP contribution in [0.2, 0.25) is 5.02 Å². The minimum atomic E-state index is -0.884. The third-order valence-electron chi connectivity index (χ3n) is 7.15. The number of hydrogen-bond acceptors (Lipinski definition) is 6. The zero-order valence-corrected chi connectivity index (χ0v) is 27.0. The lowest BCUT2D eigenvalue weighted by molar-refractivity contribution is -0.138. The van der Waals surface area contributed by atoms with Crippen molar-refractivity contribution in [1.82, 2.24) is 4.57 Å². The van der Waals surface area contributed by atoms with Gasteiger partial charge in [-0.3, -0.25) is 9.36 Å². The van der Waals surface area contributed by atoms with Gasteiger partial charge in [-0.25, -0.2) is 14.2 Å². The average molecular weight is 704 g/mol. The maximum absolute atomic E-state index is 14.1. The molecule has 4 aromatic carbocycles.